The summed E-state index contributed by atoms with van der Waals surface area (Å²) in [4.78, 5) is 6.81. The van der Waals surface area contributed by atoms with E-state index in [1.54, 1.807) is 0 Å². The average Bonchev–Trinajstić information content (AvgIpc) is 2.70. The SMILES string of the molecule is Cc1nc(N[C@@H]2CCCN(CCO)C2)nnc1-c1ccc2ccccc2c1O. The number of anilines is 1. The van der Waals surface area contributed by atoms with Gasteiger partial charge in [0.15, 0.2) is 0 Å². The van der Waals surface area contributed by atoms with E-state index < -0.39 is 0 Å². The maximum atomic E-state index is 10.7. The second-order valence-corrected chi connectivity index (χ2v) is 7.26. The van der Waals surface area contributed by atoms with E-state index in [1.807, 2.05) is 43.3 Å². The largest absolute Gasteiger partial charge is 0.507 e. The van der Waals surface area contributed by atoms with E-state index in [9.17, 15) is 5.11 Å². The first-order chi connectivity index (χ1) is 13.7. The van der Waals surface area contributed by atoms with E-state index in [0.29, 0.717) is 29.4 Å². The second kappa shape index (κ2) is 8.08. The van der Waals surface area contributed by atoms with Gasteiger partial charge in [-0.2, -0.15) is 0 Å². The highest BCUT2D eigenvalue weighted by Gasteiger charge is 2.21. The quantitative estimate of drug-likeness (QED) is 0.627. The number of fused-ring (bicyclic) bond motifs is 1. The zero-order chi connectivity index (χ0) is 19.5. The fourth-order valence-electron chi connectivity index (χ4n) is 3.86. The third-order valence-electron chi connectivity index (χ3n) is 5.27. The molecule has 1 aromatic heterocycles. The molecule has 3 aromatic rings. The zero-order valence-electron chi connectivity index (χ0n) is 16.0. The number of nitrogens with one attached hydrogen (secondary N) is 1. The Labute approximate surface area is 164 Å². The molecule has 1 saturated heterocycles. The second-order valence-electron chi connectivity index (χ2n) is 7.26. The number of aromatic nitrogens is 3. The van der Waals surface area contributed by atoms with Crippen molar-refractivity contribution in [2.24, 2.45) is 0 Å². The van der Waals surface area contributed by atoms with Crippen molar-refractivity contribution in [1.82, 2.24) is 20.1 Å². The molecule has 0 spiro atoms. The molecule has 0 bridgehead atoms. The van der Waals surface area contributed by atoms with Crippen molar-refractivity contribution < 1.29 is 10.2 Å². The summed E-state index contributed by atoms with van der Waals surface area (Å²) in [6.07, 6.45) is 2.12. The number of phenolic OH excluding ortho intramolecular Hbond substituents is 1. The third-order valence-corrected chi connectivity index (χ3v) is 5.27. The predicted molar refractivity (Wildman–Crippen MR) is 109 cm³/mol. The Morgan fingerprint density at radius 2 is 2.04 bits per heavy atom. The van der Waals surface area contributed by atoms with Gasteiger partial charge in [-0.1, -0.05) is 30.3 Å². The highest BCUT2D eigenvalue weighted by atomic mass is 16.3. The zero-order valence-corrected chi connectivity index (χ0v) is 16.0. The van der Waals surface area contributed by atoms with Crippen molar-refractivity contribution >= 4 is 16.7 Å². The van der Waals surface area contributed by atoms with E-state index in [1.165, 1.54) is 0 Å². The molecular formula is C21H25N5O2. The number of phenols is 1. The van der Waals surface area contributed by atoms with Gasteiger partial charge >= 0.3 is 0 Å². The molecule has 1 aliphatic rings. The summed E-state index contributed by atoms with van der Waals surface area (Å²) in [5.74, 6) is 0.697. The van der Waals surface area contributed by atoms with Crippen molar-refractivity contribution in [3.05, 3.63) is 42.1 Å². The molecule has 1 fully saturated rings. The number of aromatic hydroxyl groups is 1. The number of rotatable bonds is 5. The summed E-state index contributed by atoms with van der Waals surface area (Å²) < 4.78 is 0. The average molecular weight is 379 g/mol. The van der Waals surface area contributed by atoms with Crippen LogP contribution in [0.3, 0.4) is 0 Å². The molecule has 7 heteroatoms. The molecule has 0 aliphatic carbocycles. The van der Waals surface area contributed by atoms with Crippen LogP contribution in [0.4, 0.5) is 5.95 Å². The van der Waals surface area contributed by atoms with Gasteiger partial charge in [-0.25, -0.2) is 4.98 Å². The lowest BCUT2D eigenvalue weighted by molar-refractivity contribution is 0.166. The van der Waals surface area contributed by atoms with Crippen LogP contribution in [0, 0.1) is 6.92 Å². The fraction of sp³-hybridized carbons (Fsp3) is 0.381. The number of hydrogen-bond donors (Lipinski definition) is 3. The highest BCUT2D eigenvalue weighted by molar-refractivity contribution is 5.94. The number of nitrogens with zero attached hydrogens (tertiary/aromatic N) is 4. The number of hydrogen-bond acceptors (Lipinski definition) is 7. The van der Waals surface area contributed by atoms with Gasteiger partial charge in [-0.3, -0.25) is 4.90 Å². The monoisotopic (exact) mass is 379 g/mol. The van der Waals surface area contributed by atoms with Crippen LogP contribution in [-0.2, 0) is 0 Å². The van der Waals surface area contributed by atoms with E-state index >= 15 is 0 Å². The molecule has 1 atom stereocenters. The lowest BCUT2D eigenvalue weighted by atomic mass is 10.0. The molecule has 0 amide bonds. The van der Waals surface area contributed by atoms with Crippen LogP contribution in [0.15, 0.2) is 36.4 Å². The summed E-state index contributed by atoms with van der Waals surface area (Å²) in [6, 6.07) is 11.8. The molecule has 7 nitrogen and oxygen atoms in total. The van der Waals surface area contributed by atoms with Gasteiger partial charge in [0.25, 0.3) is 0 Å². The van der Waals surface area contributed by atoms with Gasteiger partial charge in [0.05, 0.1) is 12.3 Å². The molecule has 4 rings (SSSR count). The molecule has 146 valence electrons. The number of aliphatic hydroxyl groups excluding tert-OH is 1. The van der Waals surface area contributed by atoms with Gasteiger partial charge in [-0.15, -0.1) is 10.2 Å². The number of likely N-dealkylation sites (tertiary alicyclic amines) is 1. The minimum absolute atomic E-state index is 0.174. The van der Waals surface area contributed by atoms with Crippen molar-refractivity contribution in [2.45, 2.75) is 25.8 Å². The first-order valence-electron chi connectivity index (χ1n) is 9.68. The van der Waals surface area contributed by atoms with Crippen LogP contribution in [-0.4, -0.2) is 62.6 Å². The normalized spacial score (nSPS) is 17.7. The van der Waals surface area contributed by atoms with Crippen LogP contribution >= 0.6 is 0 Å². The lowest BCUT2D eigenvalue weighted by Crippen LogP contribution is -2.43. The molecule has 0 radical (unpaired) electrons. The number of benzene rings is 2. The summed E-state index contributed by atoms with van der Waals surface area (Å²) in [5.41, 5.74) is 1.93. The van der Waals surface area contributed by atoms with Gasteiger partial charge in [0, 0.05) is 30.1 Å². The topological polar surface area (TPSA) is 94.4 Å². The Kier molecular flexibility index (Phi) is 5.36. The van der Waals surface area contributed by atoms with Crippen LogP contribution in [0.2, 0.25) is 0 Å². The third kappa shape index (κ3) is 3.76. The van der Waals surface area contributed by atoms with E-state index in [0.717, 1.165) is 36.7 Å². The smallest absolute Gasteiger partial charge is 0.243 e. The Hall–Kier alpha value is -2.77. The molecule has 3 N–H and O–H groups in total. The van der Waals surface area contributed by atoms with Crippen LogP contribution in [0.5, 0.6) is 5.75 Å². The van der Waals surface area contributed by atoms with Crippen LogP contribution in [0.25, 0.3) is 22.0 Å². The number of aryl methyl sites for hydroxylation is 1. The summed E-state index contributed by atoms with van der Waals surface area (Å²) in [5, 5.41) is 33.6. The number of β-amino-alcohol motifs (C(OH)–C–C–N with tert-alkyl or cyclic N) is 1. The van der Waals surface area contributed by atoms with E-state index in [4.69, 9.17) is 5.11 Å². The Balaban J connectivity index is 1.56. The Morgan fingerprint density at radius 3 is 2.86 bits per heavy atom. The summed E-state index contributed by atoms with van der Waals surface area (Å²) in [6.45, 7) is 4.61. The molecule has 2 heterocycles. The summed E-state index contributed by atoms with van der Waals surface area (Å²) >= 11 is 0. The van der Waals surface area contributed by atoms with Gasteiger partial charge in [0.1, 0.15) is 11.4 Å². The van der Waals surface area contributed by atoms with Crippen molar-refractivity contribution in [3.8, 4) is 17.0 Å². The maximum absolute atomic E-state index is 10.7. The number of aliphatic hydroxyl groups is 1. The molecule has 0 saturated carbocycles. The Bertz CT molecular complexity index is 976. The first kappa shape index (κ1) is 18.6. The molecular weight excluding hydrogens is 354 g/mol. The first-order valence-corrected chi connectivity index (χ1v) is 9.68. The van der Waals surface area contributed by atoms with E-state index in [-0.39, 0.29) is 18.4 Å². The van der Waals surface area contributed by atoms with E-state index in [2.05, 4.69) is 25.4 Å². The van der Waals surface area contributed by atoms with Crippen molar-refractivity contribution in [2.75, 3.05) is 31.6 Å². The van der Waals surface area contributed by atoms with Gasteiger partial charge in [0.2, 0.25) is 5.95 Å². The lowest BCUT2D eigenvalue weighted by Gasteiger charge is -2.32. The molecule has 0 unspecified atom stereocenters. The van der Waals surface area contributed by atoms with Crippen LogP contribution < -0.4 is 5.32 Å². The summed E-state index contributed by atoms with van der Waals surface area (Å²) in [7, 11) is 0. The minimum Gasteiger partial charge on any atom is -0.507 e. The molecule has 2 aromatic carbocycles. The number of piperidine rings is 1. The van der Waals surface area contributed by atoms with Crippen LogP contribution in [0.1, 0.15) is 18.5 Å². The van der Waals surface area contributed by atoms with Gasteiger partial charge in [-0.05, 0) is 37.8 Å². The fourth-order valence-corrected chi connectivity index (χ4v) is 3.86. The predicted octanol–water partition coefficient (Wildman–Crippen LogP) is 2.57. The van der Waals surface area contributed by atoms with Gasteiger partial charge < -0.3 is 15.5 Å². The standard InChI is InChI=1S/C21H25N5O2/c1-14-19(18-9-8-15-5-2-3-7-17(15)20(18)28)24-25-21(22-14)23-16-6-4-10-26(13-16)11-12-27/h2-3,5,7-9,16,27-28H,4,6,10-13H2,1H3,(H,22,23,25)/t16-/m1/s1. The highest BCUT2D eigenvalue weighted by Crippen LogP contribution is 2.35. The minimum atomic E-state index is 0.174. The maximum Gasteiger partial charge on any atom is 0.243 e. The molecule has 28 heavy (non-hydrogen) atoms. The van der Waals surface area contributed by atoms with Crippen molar-refractivity contribution in [3.63, 3.8) is 0 Å². The molecule has 1 aliphatic heterocycles. The Morgan fingerprint density at radius 1 is 1.18 bits per heavy atom. The van der Waals surface area contributed by atoms with Crippen molar-refractivity contribution in [1.29, 1.82) is 0 Å².